The van der Waals surface area contributed by atoms with E-state index in [9.17, 15) is 4.79 Å². The van der Waals surface area contributed by atoms with Crippen LogP contribution < -0.4 is 0 Å². The number of benzene rings is 1. The molecule has 1 aliphatic carbocycles. The van der Waals surface area contributed by atoms with Crippen molar-refractivity contribution in [3.8, 4) is 0 Å². The fourth-order valence-electron chi connectivity index (χ4n) is 2.49. The maximum Gasteiger partial charge on any atom is 0.163 e. The number of Topliss-reactive ketones (excluding diaryl/α,β-unsaturated/α-hetero) is 1. The summed E-state index contributed by atoms with van der Waals surface area (Å²) in [7, 11) is 0. The van der Waals surface area contributed by atoms with Gasteiger partial charge in [0.2, 0.25) is 0 Å². The van der Waals surface area contributed by atoms with Gasteiger partial charge in [0, 0.05) is 17.4 Å². The maximum atomic E-state index is 12.1. The summed E-state index contributed by atoms with van der Waals surface area (Å²) in [4.78, 5) is 12.1. The van der Waals surface area contributed by atoms with Gasteiger partial charge >= 0.3 is 0 Å². The summed E-state index contributed by atoms with van der Waals surface area (Å²) in [5.74, 6) is 0.247. The molecular weight excluding hydrogens is 224 g/mol. The number of hydrogen-bond acceptors (Lipinski definition) is 2. The van der Waals surface area contributed by atoms with Crippen LogP contribution in [0, 0.1) is 5.41 Å². The first-order chi connectivity index (χ1) is 8.55. The topological polar surface area (TPSA) is 30.2 Å². The van der Waals surface area contributed by atoms with E-state index >= 15 is 0 Å². The molecule has 2 aromatic rings. The average molecular weight is 240 g/mol. The average Bonchev–Trinajstić information content (AvgIpc) is 2.79. The lowest BCUT2D eigenvalue weighted by Gasteiger charge is -2.26. The molecular formula is C16H16O2. The summed E-state index contributed by atoms with van der Waals surface area (Å²) in [6, 6.07) is 7.86. The van der Waals surface area contributed by atoms with E-state index in [1.54, 1.807) is 6.26 Å². The molecule has 0 spiro atoms. The van der Waals surface area contributed by atoms with Gasteiger partial charge in [-0.25, -0.2) is 0 Å². The second kappa shape index (κ2) is 3.84. The second-order valence-electron chi connectivity index (χ2n) is 5.64. The summed E-state index contributed by atoms with van der Waals surface area (Å²) in [5.41, 5.74) is 2.83. The number of allylic oxidation sites excluding steroid dienone is 2. The summed E-state index contributed by atoms with van der Waals surface area (Å²) in [5, 5.41) is 1.05. The van der Waals surface area contributed by atoms with E-state index in [1.807, 2.05) is 24.3 Å². The van der Waals surface area contributed by atoms with Crippen molar-refractivity contribution in [3.05, 3.63) is 42.2 Å². The van der Waals surface area contributed by atoms with Crippen molar-refractivity contribution < 1.29 is 9.21 Å². The van der Waals surface area contributed by atoms with E-state index in [-0.39, 0.29) is 11.2 Å². The monoisotopic (exact) mass is 240 g/mol. The molecule has 0 N–H and O–H groups in total. The first kappa shape index (κ1) is 11.3. The molecule has 0 aliphatic heterocycles. The number of carbonyl (C=O) groups excluding carboxylic acids is 1. The van der Waals surface area contributed by atoms with Gasteiger partial charge in [-0.1, -0.05) is 26.0 Å². The van der Waals surface area contributed by atoms with Gasteiger partial charge in [0.1, 0.15) is 5.58 Å². The van der Waals surface area contributed by atoms with Gasteiger partial charge in [-0.05, 0) is 35.6 Å². The summed E-state index contributed by atoms with van der Waals surface area (Å²) < 4.78 is 5.32. The normalized spacial score (nSPS) is 19.0. The first-order valence-electron chi connectivity index (χ1n) is 6.29. The molecule has 18 heavy (non-hydrogen) atoms. The molecule has 0 saturated heterocycles. The van der Waals surface area contributed by atoms with Gasteiger partial charge in [-0.3, -0.25) is 4.79 Å². The number of hydrogen-bond donors (Lipinski definition) is 0. The molecule has 2 nitrogen and oxygen atoms in total. The van der Waals surface area contributed by atoms with Crippen LogP contribution in [0.4, 0.5) is 0 Å². The van der Waals surface area contributed by atoms with E-state index in [4.69, 9.17) is 4.42 Å². The fraction of sp³-hybridized carbons (Fsp3) is 0.312. The zero-order valence-corrected chi connectivity index (χ0v) is 10.7. The van der Waals surface area contributed by atoms with Crippen LogP contribution in [0.25, 0.3) is 16.5 Å². The largest absolute Gasteiger partial charge is 0.464 e. The highest BCUT2D eigenvalue weighted by Gasteiger charge is 2.26. The minimum atomic E-state index is 0.106. The van der Waals surface area contributed by atoms with Crippen LogP contribution in [-0.4, -0.2) is 5.78 Å². The lowest BCUT2D eigenvalue weighted by atomic mass is 9.77. The van der Waals surface area contributed by atoms with E-state index in [0.29, 0.717) is 6.42 Å². The van der Waals surface area contributed by atoms with Crippen LogP contribution in [0.3, 0.4) is 0 Å². The highest BCUT2D eigenvalue weighted by Crippen LogP contribution is 2.36. The van der Waals surface area contributed by atoms with Gasteiger partial charge < -0.3 is 4.42 Å². The summed E-state index contributed by atoms with van der Waals surface area (Å²) >= 11 is 0. The Morgan fingerprint density at radius 3 is 2.89 bits per heavy atom. The molecule has 0 saturated carbocycles. The van der Waals surface area contributed by atoms with Crippen LogP contribution in [0.5, 0.6) is 0 Å². The van der Waals surface area contributed by atoms with Crippen molar-refractivity contribution in [3.63, 3.8) is 0 Å². The minimum Gasteiger partial charge on any atom is -0.464 e. The molecule has 3 rings (SSSR count). The number of furan rings is 1. The Bertz CT molecular complexity index is 644. The smallest absolute Gasteiger partial charge is 0.163 e. The first-order valence-corrected chi connectivity index (χ1v) is 6.29. The van der Waals surface area contributed by atoms with E-state index in [1.165, 1.54) is 0 Å². The maximum absolute atomic E-state index is 12.1. The highest BCUT2D eigenvalue weighted by molar-refractivity contribution is 6.21. The van der Waals surface area contributed by atoms with Crippen LogP contribution in [-0.2, 0) is 4.79 Å². The standard InChI is InChI=1S/C16H16O2/c1-16(2)7-5-14(17)13(10-16)11-3-4-15-12(9-11)6-8-18-15/h3-4,6,8-10H,5,7H2,1-2H3. The Balaban J connectivity index is 2.12. The Labute approximate surface area is 106 Å². The third-order valence-electron chi connectivity index (χ3n) is 3.60. The Morgan fingerprint density at radius 1 is 1.22 bits per heavy atom. The van der Waals surface area contributed by atoms with Crippen LogP contribution >= 0.6 is 0 Å². The number of carbonyl (C=O) groups is 1. The lowest BCUT2D eigenvalue weighted by molar-refractivity contribution is -0.114. The second-order valence-corrected chi connectivity index (χ2v) is 5.64. The van der Waals surface area contributed by atoms with Crippen molar-refractivity contribution in [2.24, 2.45) is 5.41 Å². The molecule has 1 aromatic carbocycles. The van der Waals surface area contributed by atoms with Crippen LogP contribution in [0.15, 0.2) is 41.0 Å². The Kier molecular flexibility index (Phi) is 2.40. The van der Waals surface area contributed by atoms with Gasteiger partial charge in [0.15, 0.2) is 5.78 Å². The molecule has 0 fully saturated rings. The predicted molar refractivity (Wildman–Crippen MR) is 72.2 cm³/mol. The number of fused-ring (bicyclic) bond motifs is 1. The third kappa shape index (κ3) is 1.88. The van der Waals surface area contributed by atoms with Crippen molar-refractivity contribution in [2.75, 3.05) is 0 Å². The Morgan fingerprint density at radius 2 is 2.06 bits per heavy atom. The fourth-order valence-corrected chi connectivity index (χ4v) is 2.49. The van der Waals surface area contributed by atoms with Crippen molar-refractivity contribution >= 4 is 22.3 Å². The molecule has 0 atom stereocenters. The predicted octanol–water partition coefficient (Wildman–Crippen LogP) is 4.21. The zero-order chi connectivity index (χ0) is 12.8. The van der Waals surface area contributed by atoms with Crippen LogP contribution in [0.1, 0.15) is 32.3 Å². The molecule has 1 aromatic heterocycles. The molecule has 0 unspecified atom stereocenters. The molecule has 1 aliphatic rings. The third-order valence-corrected chi connectivity index (χ3v) is 3.60. The SMILES string of the molecule is CC1(C)C=C(c2ccc3occc3c2)C(=O)CC1. The van der Waals surface area contributed by atoms with E-state index < -0.39 is 0 Å². The van der Waals surface area contributed by atoms with Crippen molar-refractivity contribution in [1.82, 2.24) is 0 Å². The zero-order valence-electron chi connectivity index (χ0n) is 10.7. The molecule has 2 heteroatoms. The van der Waals surface area contributed by atoms with Gasteiger partial charge in [0.25, 0.3) is 0 Å². The van der Waals surface area contributed by atoms with E-state index in [0.717, 1.165) is 28.5 Å². The minimum absolute atomic E-state index is 0.106. The molecule has 0 bridgehead atoms. The molecule has 1 heterocycles. The van der Waals surface area contributed by atoms with E-state index in [2.05, 4.69) is 19.9 Å². The summed E-state index contributed by atoms with van der Waals surface area (Å²) in [6.45, 7) is 4.35. The molecule has 0 amide bonds. The van der Waals surface area contributed by atoms with Crippen LogP contribution in [0.2, 0.25) is 0 Å². The molecule has 0 radical (unpaired) electrons. The number of rotatable bonds is 1. The van der Waals surface area contributed by atoms with Gasteiger partial charge in [-0.2, -0.15) is 0 Å². The highest BCUT2D eigenvalue weighted by atomic mass is 16.3. The quantitative estimate of drug-likeness (QED) is 0.747. The van der Waals surface area contributed by atoms with Crippen molar-refractivity contribution in [1.29, 1.82) is 0 Å². The number of ketones is 1. The van der Waals surface area contributed by atoms with Gasteiger partial charge in [-0.15, -0.1) is 0 Å². The Hall–Kier alpha value is -1.83. The molecule has 92 valence electrons. The van der Waals surface area contributed by atoms with Gasteiger partial charge in [0.05, 0.1) is 6.26 Å². The summed E-state index contributed by atoms with van der Waals surface area (Å²) in [6.07, 6.45) is 5.36. The van der Waals surface area contributed by atoms with Crippen molar-refractivity contribution in [2.45, 2.75) is 26.7 Å². The lowest BCUT2D eigenvalue weighted by Crippen LogP contribution is -2.19.